The smallest absolute Gasteiger partial charge is 0.253 e. The average molecular weight is 720 g/mol. The first-order valence-electron chi connectivity index (χ1n) is 18.9. The molecule has 278 valence electrons. The number of hydrogen-bond acceptors (Lipinski definition) is 9. The second-order valence-electron chi connectivity index (χ2n) is 14.1. The SMILES string of the molecule is CCc1nc2c(cnn2CC)c(NC2CCOCC2)c1CNc1ccc(C(=O)NCc2ccc(F)c(-c3cccc(CN4CCN[C@@H](C)C4)c3)c2)cn1. The molecule has 11 nitrogen and oxygen atoms in total. The number of carbonyl (C=O) groups excluding carboxylic acids is 1. The third-order valence-corrected chi connectivity index (χ3v) is 10.2. The monoisotopic (exact) mass is 719 g/mol. The maximum Gasteiger partial charge on any atom is 0.253 e. The highest BCUT2D eigenvalue weighted by Gasteiger charge is 2.22. The van der Waals surface area contributed by atoms with E-state index < -0.39 is 0 Å². The zero-order chi connectivity index (χ0) is 36.7. The predicted octanol–water partition coefficient (Wildman–Crippen LogP) is 6.14. The van der Waals surface area contributed by atoms with Gasteiger partial charge < -0.3 is 26.0 Å². The highest BCUT2D eigenvalue weighted by Crippen LogP contribution is 2.32. The Morgan fingerprint density at radius 2 is 1.91 bits per heavy atom. The van der Waals surface area contributed by atoms with Crippen molar-refractivity contribution in [3.63, 3.8) is 0 Å². The number of aryl methyl sites for hydroxylation is 2. The Morgan fingerprint density at radius 1 is 1.04 bits per heavy atom. The molecular weight excluding hydrogens is 670 g/mol. The highest BCUT2D eigenvalue weighted by molar-refractivity contribution is 5.94. The molecule has 12 heteroatoms. The lowest BCUT2D eigenvalue weighted by Crippen LogP contribution is -2.48. The molecule has 0 aliphatic carbocycles. The minimum absolute atomic E-state index is 0.249. The van der Waals surface area contributed by atoms with E-state index in [1.807, 2.05) is 35.1 Å². The van der Waals surface area contributed by atoms with Crippen LogP contribution in [0.2, 0.25) is 0 Å². The molecule has 53 heavy (non-hydrogen) atoms. The molecule has 5 aromatic rings. The summed E-state index contributed by atoms with van der Waals surface area (Å²) in [5, 5.41) is 19.3. The summed E-state index contributed by atoms with van der Waals surface area (Å²) in [4.78, 5) is 25.2. The van der Waals surface area contributed by atoms with E-state index in [0.29, 0.717) is 35.6 Å². The number of ether oxygens (including phenoxy) is 1. The van der Waals surface area contributed by atoms with E-state index >= 15 is 4.39 Å². The minimum atomic E-state index is -0.287. The predicted molar refractivity (Wildman–Crippen MR) is 207 cm³/mol. The Kier molecular flexibility index (Phi) is 11.6. The van der Waals surface area contributed by atoms with E-state index in [0.717, 1.165) is 110 Å². The van der Waals surface area contributed by atoms with Gasteiger partial charge in [0.1, 0.15) is 11.6 Å². The molecule has 0 radical (unpaired) electrons. The molecule has 1 amide bonds. The molecule has 0 saturated carbocycles. The van der Waals surface area contributed by atoms with Crippen molar-refractivity contribution in [1.82, 2.24) is 35.3 Å². The number of carbonyl (C=O) groups is 1. The maximum atomic E-state index is 15.1. The lowest BCUT2D eigenvalue weighted by molar-refractivity contribution is 0.0904. The molecule has 2 fully saturated rings. The van der Waals surface area contributed by atoms with E-state index in [9.17, 15) is 4.79 Å². The van der Waals surface area contributed by atoms with Crippen LogP contribution in [-0.4, -0.2) is 75.5 Å². The molecule has 4 N–H and O–H groups in total. The van der Waals surface area contributed by atoms with Crippen LogP contribution in [0.5, 0.6) is 0 Å². The highest BCUT2D eigenvalue weighted by atomic mass is 19.1. The van der Waals surface area contributed by atoms with Crippen molar-refractivity contribution in [2.75, 3.05) is 43.5 Å². The molecule has 7 rings (SSSR count). The van der Waals surface area contributed by atoms with Crippen LogP contribution in [-0.2, 0) is 37.3 Å². The number of pyridine rings is 2. The largest absolute Gasteiger partial charge is 0.381 e. The summed E-state index contributed by atoms with van der Waals surface area (Å²) in [7, 11) is 0. The Balaban J connectivity index is 0.997. The molecular formula is C41H50FN9O2. The topological polar surface area (TPSA) is 121 Å². The van der Waals surface area contributed by atoms with Gasteiger partial charge in [-0.05, 0) is 80.1 Å². The van der Waals surface area contributed by atoms with Gasteiger partial charge in [0.05, 0.1) is 22.8 Å². The lowest BCUT2D eigenvalue weighted by atomic mass is 10.00. The first-order valence-corrected chi connectivity index (χ1v) is 18.9. The second-order valence-corrected chi connectivity index (χ2v) is 14.1. The number of aromatic nitrogens is 4. The van der Waals surface area contributed by atoms with Crippen LogP contribution >= 0.6 is 0 Å². The van der Waals surface area contributed by atoms with Crippen LogP contribution in [0.25, 0.3) is 22.2 Å². The van der Waals surface area contributed by atoms with Crippen LogP contribution in [0.15, 0.2) is 67.0 Å². The summed E-state index contributed by atoms with van der Waals surface area (Å²) in [6, 6.07) is 17.4. The van der Waals surface area contributed by atoms with Crippen molar-refractivity contribution in [3.05, 3.63) is 101 Å². The molecule has 3 aromatic heterocycles. The van der Waals surface area contributed by atoms with Crippen molar-refractivity contribution < 1.29 is 13.9 Å². The first-order chi connectivity index (χ1) is 25.9. The third kappa shape index (κ3) is 8.67. The normalized spacial score (nSPS) is 16.9. The van der Waals surface area contributed by atoms with Gasteiger partial charge in [0, 0.05) is 94.1 Å². The summed E-state index contributed by atoms with van der Waals surface area (Å²) >= 11 is 0. The molecule has 1 atom stereocenters. The Hall–Kier alpha value is -4.91. The fourth-order valence-corrected chi connectivity index (χ4v) is 7.35. The van der Waals surface area contributed by atoms with Crippen molar-refractivity contribution in [2.45, 2.75) is 78.3 Å². The van der Waals surface area contributed by atoms with Gasteiger partial charge in [-0.2, -0.15) is 5.10 Å². The molecule has 2 aromatic carbocycles. The minimum Gasteiger partial charge on any atom is -0.381 e. The average Bonchev–Trinajstić information content (AvgIpc) is 3.60. The molecule has 2 saturated heterocycles. The van der Waals surface area contributed by atoms with E-state index in [2.05, 4.69) is 69.2 Å². The van der Waals surface area contributed by atoms with Crippen molar-refractivity contribution >= 4 is 28.4 Å². The van der Waals surface area contributed by atoms with Crippen LogP contribution in [0, 0.1) is 5.82 Å². The number of rotatable bonds is 13. The lowest BCUT2D eigenvalue weighted by Gasteiger charge is -2.31. The van der Waals surface area contributed by atoms with E-state index in [4.69, 9.17) is 9.72 Å². The van der Waals surface area contributed by atoms with Crippen LogP contribution < -0.4 is 21.3 Å². The van der Waals surface area contributed by atoms with Gasteiger partial charge in [-0.1, -0.05) is 31.2 Å². The molecule has 0 bridgehead atoms. The van der Waals surface area contributed by atoms with Gasteiger partial charge in [-0.3, -0.25) is 9.69 Å². The number of hydrogen-bond donors (Lipinski definition) is 4. The van der Waals surface area contributed by atoms with Gasteiger partial charge in [-0.15, -0.1) is 0 Å². The number of halogens is 1. The third-order valence-electron chi connectivity index (χ3n) is 10.2. The number of anilines is 2. The van der Waals surface area contributed by atoms with Gasteiger partial charge in [0.25, 0.3) is 5.91 Å². The number of fused-ring (bicyclic) bond motifs is 1. The molecule has 2 aliphatic rings. The zero-order valence-electron chi connectivity index (χ0n) is 30.9. The number of nitrogens with one attached hydrogen (secondary N) is 4. The van der Waals surface area contributed by atoms with Gasteiger partial charge >= 0.3 is 0 Å². The van der Waals surface area contributed by atoms with Crippen LogP contribution in [0.3, 0.4) is 0 Å². The van der Waals surface area contributed by atoms with E-state index in [1.54, 1.807) is 18.3 Å². The summed E-state index contributed by atoms with van der Waals surface area (Å²) in [5.74, 6) is 0.118. The van der Waals surface area contributed by atoms with Crippen LogP contribution in [0.1, 0.15) is 66.4 Å². The molecule has 0 unspecified atom stereocenters. The van der Waals surface area contributed by atoms with Crippen molar-refractivity contribution in [2.24, 2.45) is 0 Å². The summed E-state index contributed by atoms with van der Waals surface area (Å²) in [6.07, 6.45) is 6.14. The van der Waals surface area contributed by atoms with Gasteiger partial charge in [-0.25, -0.2) is 19.0 Å². The maximum absolute atomic E-state index is 15.1. The summed E-state index contributed by atoms with van der Waals surface area (Å²) in [6.45, 7) is 13.2. The standard InChI is InChI=1S/C41H50FN9O2/c1-4-37-34(39(48-32-13-17-53-18-14-32)35-24-47-51(5-2)40(35)49-37)23-45-38-12-10-31(22-44-38)41(52)46-21-28-9-11-36(42)33(20-28)30-8-6-7-29(19-30)26-50-16-15-43-27(3)25-50/h6-12,19-20,22,24,27,32,43H,4-5,13-18,21,23,25-26H2,1-3H3,(H,44,45)(H,46,52)(H,48,49)/t27-/m0/s1. The summed E-state index contributed by atoms with van der Waals surface area (Å²) < 4.78 is 22.6. The van der Waals surface area contributed by atoms with Crippen molar-refractivity contribution in [3.8, 4) is 11.1 Å². The van der Waals surface area contributed by atoms with E-state index in [-0.39, 0.29) is 18.3 Å². The number of amides is 1. The Labute approximate surface area is 310 Å². The number of nitrogens with zero attached hydrogens (tertiary/aromatic N) is 5. The Bertz CT molecular complexity index is 2030. The number of piperazine rings is 1. The quantitative estimate of drug-likeness (QED) is 0.114. The second kappa shape index (κ2) is 16.8. The van der Waals surface area contributed by atoms with Crippen molar-refractivity contribution in [1.29, 1.82) is 0 Å². The molecule has 5 heterocycles. The van der Waals surface area contributed by atoms with Crippen LogP contribution in [0.4, 0.5) is 15.9 Å². The first kappa shape index (κ1) is 36.4. The van der Waals surface area contributed by atoms with E-state index in [1.165, 1.54) is 6.07 Å². The Morgan fingerprint density at radius 3 is 2.68 bits per heavy atom. The molecule has 0 spiro atoms. The summed E-state index contributed by atoms with van der Waals surface area (Å²) in [5.41, 5.74) is 7.80. The fourth-order valence-electron chi connectivity index (χ4n) is 7.35. The van der Waals surface area contributed by atoms with Gasteiger partial charge in [0.15, 0.2) is 5.65 Å². The number of benzene rings is 2. The van der Waals surface area contributed by atoms with Gasteiger partial charge in [0.2, 0.25) is 0 Å². The fraction of sp³-hybridized carbons (Fsp3) is 0.415. The zero-order valence-corrected chi connectivity index (χ0v) is 30.9. The molecule has 2 aliphatic heterocycles.